The summed E-state index contributed by atoms with van der Waals surface area (Å²) in [5.74, 6) is -1.30. The Morgan fingerprint density at radius 3 is 2.28 bits per heavy atom. The molecule has 0 saturated heterocycles. The van der Waals surface area contributed by atoms with Crippen molar-refractivity contribution in [2.24, 2.45) is 0 Å². The van der Waals surface area contributed by atoms with Crippen molar-refractivity contribution in [3.63, 3.8) is 0 Å². The van der Waals surface area contributed by atoms with Crippen molar-refractivity contribution in [2.75, 3.05) is 4.72 Å². The van der Waals surface area contributed by atoms with Crippen LogP contribution in [0.5, 0.6) is 5.75 Å². The molecular formula is C21H15BrF4N2O3S. The Balaban J connectivity index is 1.72. The van der Waals surface area contributed by atoms with Crippen LogP contribution < -0.4 is 14.8 Å². The van der Waals surface area contributed by atoms with Crippen LogP contribution in [-0.4, -0.2) is 16.5 Å². The van der Waals surface area contributed by atoms with Gasteiger partial charge in [0.15, 0.2) is 0 Å². The van der Waals surface area contributed by atoms with Crippen molar-refractivity contribution >= 4 is 38.5 Å². The number of alkyl halides is 3. The Morgan fingerprint density at radius 1 is 1.00 bits per heavy atom. The quantitative estimate of drug-likeness (QED) is 0.393. The lowest BCUT2D eigenvalue weighted by Crippen LogP contribution is -2.24. The topological polar surface area (TPSA) is 67.4 Å². The van der Waals surface area contributed by atoms with Crippen LogP contribution in [0.15, 0.2) is 76.1 Å². The van der Waals surface area contributed by atoms with E-state index in [0.29, 0.717) is 10.0 Å². The van der Waals surface area contributed by atoms with Crippen LogP contribution in [0.25, 0.3) is 0 Å². The second kappa shape index (κ2) is 10.1. The molecule has 32 heavy (non-hydrogen) atoms. The van der Waals surface area contributed by atoms with E-state index in [2.05, 4.69) is 30.7 Å². The lowest BCUT2D eigenvalue weighted by atomic mass is 10.1. The van der Waals surface area contributed by atoms with Gasteiger partial charge in [0.25, 0.3) is 5.91 Å². The molecule has 0 aliphatic carbocycles. The number of halogens is 5. The van der Waals surface area contributed by atoms with E-state index in [1.807, 2.05) is 0 Å². The number of rotatable bonds is 7. The van der Waals surface area contributed by atoms with Crippen molar-refractivity contribution in [1.29, 1.82) is 0 Å². The Morgan fingerprint density at radius 2 is 1.66 bits per heavy atom. The molecule has 0 bridgehead atoms. The van der Waals surface area contributed by atoms with Gasteiger partial charge in [0.2, 0.25) is 0 Å². The zero-order valence-corrected chi connectivity index (χ0v) is 18.5. The van der Waals surface area contributed by atoms with E-state index in [1.54, 1.807) is 6.07 Å². The first kappa shape index (κ1) is 23.7. The molecule has 0 spiro atoms. The molecule has 0 saturated carbocycles. The van der Waals surface area contributed by atoms with Crippen LogP contribution in [0.3, 0.4) is 0 Å². The second-order valence-corrected chi connectivity index (χ2v) is 8.52. The fourth-order valence-corrected chi connectivity index (χ4v) is 3.84. The third-order valence-electron chi connectivity index (χ3n) is 4.07. The number of hydrogen-bond donors (Lipinski definition) is 2. The maximum Gasteiger partial charge on any atom is 0.573 e. The largest absolute Gasteiger partial charge is 0.573 e. The average molecular weight is 531 g/mol. The highest BCUT2D eigenvalue weighted by molar-refractivity contribution is 9.10. The molecule has 0 fully saturated rings. The fourth-order valence-electron chi connectivity index (χ4n) is 2.60. The minimum absolute atomic E-state index is 0.148. The van der Waals surface area contributed by atoms with Gasteiger partial charge in [-0.15, -0.1) is 13.2 Å². The Bertz CT molecular complexity index is 1120. The molecule has 3 aromatic rings. The smallest absolute Gasteiger partial charge is 0.406 e. The van der Waals surface area contributed by atoms with E-state index in [0.717, 1.165) is 12.1 Å². The molecule has 11 heteroatoms. The zero-order valence-electron chi connectivity index (χ0n) is 16.1. The summed E-state index contributed by atoms with van der Waals surface area (Å²) in [4.78, 5) is 12.9. The standard InChI is InChI=1S/C21H15BrF4N2O3S/c22-14-3-10-19(18(11-14)20(29)27-12-13-1-4-15(23)5-2-13)28-32(30)17-8-6-16(7-9-17)31-21(24,25)26/h1-11,28H,12H2,(H,27,29). The number of benzene rings is 3. The normalized spacial score (nSPS) is 12.2. The van der Waals surface area contributed by atoms with E-state index in [9.17, 15) is 26.6 Å². The van der Waals surface area contributed by atoms with Gasteiger partial charge < -0.3 is 14.8 Å². The summed E-state index contributed by atoms with van der Waals surface area (Å²) in [6, 6.07) is 14.9. The SMILES string of the molecule is O=C(NCc1ccc(F)cc1)c1cc(Br)ccc1NS(=O)c1ccc(OC(F)(F)F)cc1. The number of nitrogens with one attached hydrogen (secondary N) is 2. The molecule has 0 heterocycles. The average Bonchev–Trinajstić information content (AvgIpc) is 2.73. The van der Waals surface area contributed by atoms with Gasteiger partial charge in [-0.05, 0) is 60.2 Å². The number of anilines is 1. The van der Waals surface area contributed by atoms with Gasteiger partial charge in [-0.2, -0.15) is 0 Å². The van der Waals surface area contributed by atoms with E-state index < -0.39 is 29.0 Å². The monoisotopic (exact) mass is 530 g/mol. The zero-order chi connectivity index (χ0) is 23.3. The molecule has 1 unspecified atom stereocenters. The first-order valence-electron chi connectivity index (χ1n) is 8.97. The van der Waals surface area contributed by atoms with Crippen molar-refractivity contribution in [3.8, 4) is 5.75 Å². The molecular weight excluding hydrogens is 516 g/mol. The third-order valence-corrected chi connectivity index (χ3v) is 5.67. The van der Waals surface area contributed by atoms with Gasteiger partial charge in [-0.1, -0.05) is 28.1 Å². The van der Waals surface area contributed by atoms with Crippen LogP contribution in [0.4, 0.5) is 23.2 Å². The molecule has 0 radical (unpaired) electrons. The highest BCUT2D eigenvalue weighted by Crippen LogP contribution is 2.26. The summed E-state index contributed by atoms with van der Waals surface area (Å²) < 4.78 is 69.6. The van der Waals surface area contributed by atoms with Crippen LogP contribution in [-0.2, 0) is 17.5 Å². The first-order chi connectivity index (χ1) is 15.1. The molecule has 3 aromatic carbocycles. The highest BCUT2D eigenvalue weighted by Gasteiger charge is 2.31. The van der Waals surface area contributed by atoms with Crippen LogP contribution in [0.2, 0.25) is 0 Å². The molecule has 0 aliphatic heterocycles. The molecule has 2 N–H and O–H groups in total. The molecule has 1 amide bonds. The van der Waals surface area contributed by atoms with Crippen molar-refractivity contribution < 1.29 is 31.3 Å². The number of carbonyl (C=O) groups excluding carboxylic acids is 1. The summed E-state index contributed by atoms with van der Waals surface area (Å²) in [6.07, 6.45) is -4.83. The number of ether oxygens (including phenoxy) is 1. The van der Waals surface area contributed by atoms with Gasteiger partial charge in [0.05, 0.1) is 16.1 Å². The maximum atomic E-state index is 13.0. The molecule has 168 valence electrons. The highest BCUT2D eigenvalue weighted by atomic mass is 79.9. The van der Waals surface area contributed by atoms with E-state index >= 15 is 0 Å². The maximum absolute atomic E-state index is 13.0. The van der Waals surface area contributed by atoms with E-state index in [-0.39, 0.29) is 28.5 Å². The van der Waals surface area contributed by atoms with Crippen molar-refractivity contribution in [3.05, 3.63) is 88.1 Å². The lowest BCUT2D eigenvalue weighted by Gasteiger charge is -2.13. The molecule has 5 nitrogen and oxygen atoms in total. The summed E-state index contributed by atoms with van der Waals surface area (Å²) in [6.45, 7) is 0.148. The van der Waals surface area contributed by atoms with Gasteiger partial charge in [-0.3, -0.25) is 4.79 Å². The number of amides is 1. The first-order valence-corrected chi connectivity index (χ1v) is 10.9. The van der Waals surface area contributed by atoms with Crippen LogP contribution in [0, 0.1) is 5.82 Å². The predicted octanol–water partition coefficient (Wildman–Crippen LogP) is 5.55. The van der Waals surface area contributed by atoms with E-state index in [1.165, 1.54) is 48.5 Å². The van der Waals surface area contributed by atoms with Gasteiger partial charge >= 0.3 is 6.36 Å². The fraction of sp³-hybridized carbons (Fsp3) is 0.0952. The summed E-state index contributed by atoms with van der Waals surface area (Å²) in [5.41, 5.74) is 1.12. The van der Waals surface area contributed by atoms with E-state index in [4.69, 9.17) is 0 Å². The number of carbonyl (C=O) groups is 1. The molecule has 0 aromatic heterocycles. The predicted molar refractivity (Wildman–Crippen MR) is 115 cm³/mol. The third kappa shape index (κ3) is 6.79. The second-order valence-electron chi connectivity index (χ2n) is 6.39. The van der Waals surface area contributed by atoms with Crippen LogP contribution in [0.1, 0.15) is 15.9 Å². The molecule has 3 rings (SSSR count). The Hall–Kier alpha value is -2.92. The minimum Gasteiger partial charge on any atom is -0.406 e. The minimum atomic E-state index is -4.83. The Kier molecular flexibility index (Phi) is 7.52. The summed E-state index contributed by atoms with van der Waals surface area (Å²) in [5, 5.41) is 2.70. The summed E-state index contributed by atoms with van der Waals surface area (Å²) in [7, 11) is -1.87. The molecule has 0 aliphatic rings. The Labute approximate surface area is 191 Å². The number of hydrogen-bond acceptors (Lipinski definition) is 3. The van der Waals surface area contributed by atoms with Gasteiger partial charge in [0.1, 0.15) is 22.6 Å². The lowest BCUT2D eigenvalue weighted by molar-refractivity contribution is -0.274. The van der Waals surface area contributed by atoms with Crippen LogP contribution >= 0.6 is 15.9 Å². The van der Waals surface area contributed by atoms with Crippen molar-refractivity contribution in [2.45, 2.75) is 17.8 Å². The summed E-state index contributed by atoms with van der Waals surface area (Å²) >= 11 is 3.28. The molecule has 1 atom stereocenters. The van der Waals surface area contributed by atoms with Crippen molar-refractivity contribution in [1.82, 2.24) is 5.32 Å². The van der Waals surface area contributed by atoms with Gasteiger partial charge in [0, 0.05) is 11.0 Å². The van der Waals surface area contributed by atoms with Gasteiger partial charge in [-0.25, -0.2) is 8.60 Å².